The van der Waals surface area contributed by atoms with Crippen molar-refractivity contribution in [3.05, 3.63) is 67.6 Å². The summed E-state index contributed by atoms with van der Waals surface area (Å²) < 4.78 is 10.7. The quantitative estimate of drug-likeness (QED) is 0.336. The zero-order valence-corrected chi connectivity index (χ0v) is 13.4. The van der Waals surface area contributed by atoms with Crippen molar-refractivity contribution in [1.82, 2.24) is 4.57 Å². The number of nitrogens with zero attached hydrogens (tertiary/aromatic N) is 2. The molecule has 0 radical (unpaired) electrons. The topological polar surface area (TPSA) is 118 Å². The predicted octanol–water partition coefficient (Wildman–Crippen LogP) is 1.41. The van der Waals surface area contributed by atoms with Gasteiger partial charge in [-0.05, 0) is 18.2 Å². The average Bonchev–Trinajstić information content (AvgIpc) is 2.62. The Labute approximate surface area is 141 Å². The number of carbonyl (C=O) groups is 2. The lowest BCUT2D eigenvalue weighted by Crippen LogP contribution is -2.25. The van der Waals surface area contributed by atoms with Crippen LogP contribution in [-0.4, -0.2) is 36.0 Å². The Morgan fingerprint density at radius 1 is 1.32 bits per heavy atom. The van der Waals surface area contributed by atoms with Crippen molar-refractivity contribution in [2.24, 2.45) is 0 Å². The van der Waals surface area contributed by atoms with Crippen molar-refractivity contribution in [2.75, 3.05) is 14.2 Å². The maximum Gasteiger partial charge on any atom is 0.339 e. The Balaban J connectivity index is 2.61. The first-order valence-corrected chi connectivity index (χ1v) is 7.00. The molecule has 0 fully saturated rings. The molecule has 1 heterocycles. The maximum absolute atomic E-state index is 12.3. The number of benzene rings is 1. The van der Waals surface area contributed by atoms with Crippen LogP contribution >= 0.6 is 0 Å². The van der Waals surface area contributed by atoms with Gasteiger partial charge in [-0.2, -0.15) is 0 Å². The second-order valence-corrected chi connectivity index (χ2v) is 4.98. The Morgan fingerprint density at radius 2 is 2.04 bits per heavy atom. The van der Waals surface area contributed by atoms with E-state index in [0.29, 0.717) is 23.2 Å². The lowest BCUT2D eigenvalue weighted by Gasteiger charge is -2.12. The van der Waals surface area contributed by atoms with Crippen LogP contribution in [0, 0.1) is 10.1 Å². The molecule has 2 rings (SSSR count). The first-order chi connectivity index (χ1) is 11.9. The van der Waals surface area contributed by atoms with E-state index >= 15 is 0 Å². The van der Waals surface area contributed by atoms with Gasteiger partial charge in [-0.15, -0.1) is 0 Å². The van der Waals surface area contributed by atoms with Crippen molar-refractivity contribution in [1.29, 1.82) is 0 Å². The molecule has 0 aliphatic carbocycles. The molecule has 0 bridgehead atoms. The second kappa shape index (κ2) is 7.39. The van der Waals surface area contributed by atoms with E-state index in [1.165, 1.54) is 19.2 Å². The first-order valence-electron chi connectivity index (χ1n) is 7.00. The molecule has 25 heavy (non-hydrogen) atoms. The van der Waals surface area contributed by atoms with Crippen molar-refractivity contribution < 1.29 is 24.0 Å². The van der Waals surface area contributed by atoms with Gasteiger partial charge in [0.05, 0.1) is 31.3 Å². The number of methoxy groups -OCH3 is 2. The van der Waals surface area contributed by atoms with Gasteiger partial charge in [-0.1, -0.05) is 0 Å². The molecule has 0 atom stereocenters. The molecule has 0 amide bonds. The van der Waals surface area contributed by atoms with Gasteiger partial charge in [0.2, 0.25) is 0 Å². The molecule has 0 spiro atoms. The third-order valence-corrected chi connectivity index (χ3v) is 3.47. The fourth-order valence-electron chi connectivity index (χ4n) is 2.28. The standard InChI is InChI=1S/C16H14N2O7/c1-24-14-4-3-10(9-19)5-11(14)7-17-8-12(16(21)25-2)6-13(15(17)20)18(22)23/h3-6,8-9H,7H2,1-2H3. The molecule has 9 nitrogen and oxygen atoms in total. The van der Waals surface area contributed by atoms with Crippen LogP contribution in [0.4, 0.5) is 5.69 Å². The van der Waals surface area contributed by atoms with Crippen LogP contribution in [0.15, 0.2) is 35.3 Å². The van der Waals surface area contributed by atoms with Gasteiger partial charge < -0.3 is 14.0 Å². The zero-order chi connectivity index (χ0) is 18.6. The van der Waals surface area contributed by atoms with E-state index in [4.69, 9.17) is 4.74 Å². The van der Waals surface area contributed by atoms with E-state index in [9.17, 15) is 24.5 Å². The largest absolute Gasteiger partial charge is 0.496 e. The normalized spacial score (nSPS) is 10.2. The van der Waals surface area contributed by atoms with Crippen LogP contribution in [0.1, 0.15) is 26.3 Å². The molecule has 0 saturated heterocycles. The van der Waals surface area contributed by atoms with Crippen LogP contribution < -0.4 is 10.3 Å². The highest BCUT2D eigenvalue weighted by Crippen LogP contribution is 2.21. The summed E-state index contributed by atoms with van der Waals surface area (Å²) in [5.41, 5.74) is -0.989. The van der Waals surface area contributed by atoms with Crippen molar-refractivity contribution >= 4 is 17.9 Å². The SMILES string of the molecule is COC(=O)c1cc([N+](=O)[O-])c(=O)n(Cc2cc(C=O)ccc2OC)c1. The summed E-state index contributed by atoms with van der Waals surface area (Å²) in [6.45, 7) is -0.130. The monoisotopic (exact) mass is 346 g/mol. The summed E-state index contributed by atoms with van der Waals surface area (Å²) in [4.78, 5) is 45.1. The van der Waals surface area contributed by atoms with Gasteiger partial charge in [0, 0.05) is 23.4 Å². The number of nitro groups is 1. The highest BCUT2D eigenvalue weighted by Gasteiger charge is 2.21. The number of esters is 1. The van der Waals surface area contributed by atoms with Crippen molar-refractivity contribution in [3.8, 4) is 5.75 Å². The molecule has 0 aliphatic heterocycles. The van der Waals surface area contributed by atoms with E-state index < -0.39 is 22.1 Å². The first kappa shape index (κ1) is 17.9. The molecule has 0 aliphatic rings. The summed E-state index contributed by atoms with van der Waals surface area (Å²) in [7, 11) is 2.54. The molecule has 9 heteroatoms. The van der Waals surface area contributed by atoms with E-state index in [-0.39, 0.29) is 12.1 Å². The number of aromatic nitrogens is 1. The number of carbonyl (C=O) groups excluding carboxylic acids is 2. The molecular formula is C16H14N2O7. The Hall–Kier alpha value is -3.49. The summed E-state index contributed by atoms with van der Waals surface area (Å²) in [6.07, 6.45) is 1.78. The number of aldehydes is 1. The van der Waals surface area contributed by atoms with Crippen LogP contribution in [0.5, 0.6) is 5.75 Å². The number of rotatable bonds is 6. The van der Waals surface area contributed by atoms with E-state index in [1.807, 2.05) is 0 Å². The minimum Gasteiger partial charge on any atom is -0.496 e. The summed E-state index contributed by atoms with van der Waals surface area (Å²) >= 11 is 0. The minimum absolute atomic E-state index is 0.130. The highest BCUT2D eigenvalue weighted by molar-refractivity contribution is 5.89. The molecule has 0 N–H and O–H groups in total. The molecule has 0 unspecified atom stereocenters. The Kier molecular flexibility index (Phi) is 5.28. The minimum atomic E-state index is -0.892. The average molecular weight is 346 g/mol. The Bertz CT molecular complexity index is 902. The maximum atomic E-state index is 12.3. The number of ether oxygens (including phenoxy) is 2. The molecule has 1 aromatic heterocycles. The van der Waals surface area contributed by atoms with Gasteiger partial charge in [0.25, 0.3) is 0 Å². The number of hydrogen-bond acceptors (Lipinski definition) is 7. The molecule has 2 aromatic rings. The van der Waals surface area contributed by atoms with Gasteiger partial charge >= 0.3 is 17.2 Å². The van der Waals surface area contributed by atoms with Crippen LogP contribution in [0.3, 0.4) is 0 Å². The smallest absolute Gasteiger partial charge is 0.339 e. The fourth-order valence-corrected chi connectivity index (χ4v) is 2.28. The fraction of sp³-hybridized carbons (Fsp3) is 0.188. The van der Waals surface area contributed by atoms with Crippen LogP contribution in [0.25, 0.3) is 0 Å². The van der Waals surface area contributed by atoms with Gasteiger partial charge in [-0.25, -0.2) is 4.79 Å². The summed E-state index contributed by atoms with van der Waals surface area (Å²) in [5, 5.41) is 11.1. The predicted molar refractivity (Wildman–Crippen MR) is 86.2 cm³/mol. The van der Waals surface area contributed by atoms with Crippen LogP contribution in [-0.2, 0) is 11.3 Å². The highest BCUT2D eigenvalue weighted by atomic mass is 16.6. The van der Waals surface area contributed by atoms with Gasteiger partial charge in [0.15, 0.2) is 0 Å². The van der Waals surface area contributed by atoms with Gasteiger partial charge in [0.1, 0.15) is 12.0 Å². The molecule has 130 valence electrons. The Morgan fingerprint density at radius 3 is 2.60 bits per heavy atom. The van der Waals surface area contributed by atoms with Crippen LogP contribution in [0.2, 0.25) is 0 Å². The number of pyridine rings is 1. The third kappa shape index (κ3) is 3.71. The number of hydrogen-bond donors (Lipinski definition) is 0. The summed E-state index contributed by atoms with van der Waals surface area (Å²) in [5.74, 6) is -0.422. The molecular weight excluding hydrogens is 332 g/mol. The van der Waals surface area contributed by atoms with Crippen molar-refractivity contribution in [3.63, 3.8) is 0 Å². The van der Waals surface area contributed by atoms with E-state index in [1.54, 1.807) is 6.07 Å². The van der Waals surface area contributed by atoms with E-state index in [2.05, 4.69) is 4.74 Å². The van der Waals surface area contributed by atoms with Gasteiger partial charge in [-0.3, -0.25) is 19.7 Å². The van der Waals surface area contributed by atoms with Crippen molar-refractivity contribution in [2.45, 2.75) is 6.54 Å². The molecule has 0 saturated carbocycles. The summed E-state index contributed by atoms with van der Waals surface area (Å²) in [6, 6.07) is 5.44. The third-order valence-electron chi connectivity index (χ3n) is 3.47. The molecule has 1 aromatic carbocycles. The second-order valence-electron chi connectivity index (χ2n) is 4.98. The van der Waals surface area contributed by atoms with E-state index in [0.717, 1.165) is 23.9 Å². The lowest BCUT2D eigenvalue weighted by molar-refractivity contribution is -0.386. The lowest BCUT2D eigenvalue weighted by atomic mass is 10.1. The zero-order valence-electron chi connectivity index (χ0n) is 13.4.